The Morgan fingerprint density at radius 1 is 0.679 bits per heavy atom. The van der Waals surface area contributed by atoms with E-state index in [0.717, 1.165) is 12.0 Å². The first-order valence-corrected chi connectivity index (χ1v) is 10.3. The standard InChI is InChI=1S/C28H32/c1-6-27(3,4)21-28(5,25-15-11-8-12-16-25)26-19-17-24(18-20-26)22(2)23-13-9-7-10-14-23/h7-20H,2,6,21H2,1,3-5H3. The lowest BCUT2D eigenvalue weighted by Gasteiger charge is -2.38. The molecule has 3 aromatic carbocycles. The normalized spacial score (nSPS) is 13.7. The van der Waals surface area contributed by atoms with E-state index in [-0.39, 0.29) is 10.8 Å². The monoisotopic (exact) mass is 368 g/mol. The number of rotatable bonds is 7. The summed E-state index contributed by atoms with van der Waals surface area (Å²) >= 11 is 0. The van der Waals surface area contributed by atoms with Crippen molar-refractivity contribution >= 4 is 5.57 Å². The van der Waals surface area contributed by atoms with Crippen molar-refractivity contribution in [1.29, 1.82) is 0 Å². The average molecular weight is 369 g/mol. The minimum Gasteiger partial charge on any atom is -0.0906 e. The molecule has 0 aromatic heterocycles. The zero-order valence-corrected chi connectivity index (χ0v) is 17.7. The van der Waals surface area contributed by atoms with Crippen molar-refractivity contribution in [3.05, 3.63) is 114 Å². The van der Waals surface area contributed by atoms with Gasteiger partial charge in [0.25, 0.3) is 0 Å². The smallest absolute Gasteiger partial charge is 0.0179 e. The molecule has 0 aliphatic heterocycles. The van der Waals surface area contributed by atoms with Crippen molar-refractivity contribution in [2.45, 2.75) is 46.0 Å². The van der Waals surface area contributed by atoms with Gasteiger partial charge in [-0.2, -0.15) is 0 Å². The van der Waals surface area contributed by atoms with Gasteiger partial charge < -0.3 is 0 Å². The summed E-state index contributed by atoms with van der Waals surface area (Å²) in [5.74, 6) is 0. The van der Waals surface area contributed by atoms with Crippen LogP contribution in [0.25, 0.3) is 5.57 Å². The SMILES string of the molecule is C=C(c1ccccc1)c1ccc(C(C)(CC(C)(C)CC)c2ccccc2)cc1. The van der Waals surface area contributed by atoms with Crippen LogP contribution in [-0.2, 0) is 5.41 Å². The first-order chi connectivity index (χ1) is 13.4. The molecular weight excluding hydrogens is 336 g/mol. The molecule has 3 aromatic rings. The Morgan fingerprint density at radius 3 is 1.68 bits per heavy atom. The average Bonchev–Trinajstić information content (AvgIpc) is 2.74. The molecule has 0 bridgehead atoms. The Labute approximate surface area is 171 Å². The predicted octanol–water partition coefficient (Wildman–Crippen LogP) is 7.88. The van der Waals surface area contributed by atoms with E-state index in [9.17, 15) is 0 Å². The van der Waals surface area contributed by atoms with Crippen LogP contribution in [-0.4, -0.2) is 0 Å². The fraction of sp³-hybridized carbons (Fsp3) is 0.286. The van der Waals surface area contributed by atoms with Gasteiger partial charge >= 0.3 is 0 Å². The van der Waals surface area contributed by atoms with Crippen LogP contribution in [0.15, 0.2) is 91.5 Å². The van der Waals surface area contributed by atoms with Crippen LogP contribution in [0.3, 0.4) is 0 Å². The van der Waals surface area contributed by atoms with Gasteiger partial charge in [-0.05, 0) is 39.7 Å². The molecule has 144 valence electrons. The molecule has 0 radical (unpaired) electrons. The van der Waals surface area contributed by atoms with Gasteiger partial charge in [0.1, 0.15) is 0 Å². The Bertz CT molecular complexity index is 901. The summed E-state index contributed by atoms with van der Waals surface area (Å²) in [7, 11) is 0. The van der Waals surface area contributed by atoms with Gasteiger partial charge in [0, 0.05) is 5.41 Å². The lowest BCUT2D eigenvalue weighted by atomic mass is 9.66. The van der Waals surface area contributed by atoms with Gasteiger partial charge in [-0.25, -0.2) is 0 Å². The Morgan fingerprint density at radius 2 is 1.14 bits per heavy atom. The summed E-state index contributed by atoms with van der Waals surface area (Å²) in [6.45, 7) is 13.7. The fourth-order valence-electron chi connectivity index (χ4n) is 4.10. The van der Waals surface area contributed by atoms with Crippen LogP contribution in [0, 0.1) is 5.41 Å². The van der Waals surface area contributed by atoms with E-state index in [0.29, 0.717) is 0 Å². The maximum atomic E-state index is 4.32. The molecule has 0 heterocycles. The van der Waals surface area contributed by atoms with E-state index >= 15 is 0 Å². The lowest BCUT2D eigenvalue weighted by Crippen LogP contribution is -2.30. The first-order valence-electron chi connectivity index (χ1n) is 10.3. The Hall–Kier alpha value is -2.60. The van der Waals surface area contributed by atoms with Gasteiger partial charge in [-0.1, -0.05) is 126 Å². The van der Waals surface area contributed by atoms with Crippen molar-refractivity contribution < 1.29 is 0 Å². The molecule has 0 aliphatic rings. The lowest BCUT2D eigenvalue weighted by molar-refractivity contribution is 0.260. The van der Waals surface area contributed by atoms with Crippen LogP contribution in [0.4, 0.5) is 0 Å². The van der Waals surface area contributed by atoms with Gasteiger partial charge in [-0.15, -0.1) is 0 Å². The highest BCUT2D eigenvalue weighted by Crippen LogP contribution is 2.43. The second kappa shape index (κ2) is 8.19. The Kier molecular flexibility index (Phi) is 5.89. The maximum Gasteiger partial charge on any atom is 0.0179 e. The highest BCUT2D eigenvalue weighted by Gasteiger charge is 2.34. The van der Waals surface area contributed by atoms with Crippen LogP contribution in [0.2, 0.25) is 0 Å². The molecule has 1 unspecified atom stereocenters. The largest absolute Gasteiger partial charge is 0.0906 e. The van der Waals surface area contributed by atoms with Crippen LogP contribution in [0.5, 0.6) is 0 Å². The topological polar surface area (TPSA) is 0 Å². The number of benzene rings is 3. The molecule has 3 rings (SSSR count). The van der Waals surface area contributed by atoms with E-state index < -0.39 is 0 Å². The van der Waals surface area contributed by atoms with Crippen LogP contribution < -0.4 is 0 Å². The summed E-state index contributed by atoms with van der Waals surface area (Å²) < 4.78 is 0. The second-order valence-electron chi connectivity index (χ2n) is 8.81. The van der Waals surface area contributed by atoms with Gasteiger partial charge in [-0.3, -0.25) is 0 Å². The Balaban J connectivity index is 1.98. The summed E-state index contributed by atoms with van der Waals surface area (Å²) in [5.41, 5.74) is 6.43. The highest BCUT2D eigenvalue weighted by molar-refractivity contribution is 5.78. The fourth-order valence-corrected chi connectivity index (χ4v) is 4.10. The number of hydrogen-bond acceptors (Lipinski definition) is 0. The third-order valence-corrected chi connectivity index (χ3v) is 6.19. The predicted molar refractivity (Wildman–Crippen MR) is 123 cm³/mol. The van der Waals surface area contributed by atoms with Crippen LogP contribution >= 0.6 is 0 Å². The van der Waals surface area contributed by atoms with Gasteiger partial charge in [0.05, 0.1) is 0 Å². The minimum atomic E-state index is -0.0205. The molecular formula is C28H32. The molecule has 0 aliphatic carbocycles. The van der Waals surface area contributed by atoms with Crippen molar-refractivity contribution in [2.75, 3.05) is 0 Å². The molecule has 0 saturated heterocycles. The summed E-state index contributed by atoms with van der Waals surface area (Å²) in [5, 5.41) is 0. The molecule has 0 fully saturated rings. The molecule has 0 nitrogen and oxygen atoms in total. The van der Waals surface area contributed by atoms with E-state index in [1.165, 1.54) is 28.7 Å². The highest BCUT2D eigenvalue weighted by atomic mass is 14.4. The summed E-state index contributed by atoms with van der Waals surface area (Å²) in [6.07, 6.45) is 2.28. The molecule has 0 N–H and O–H groups in total. The first kappa shape index (κ1) is 20.1. The molecule has 0 saturated carbocycles. The molecule has 0 amide bonds. The molecule has 0 heteroatoms. The third-order valence-electron chi connectivity index (χ3n) is 6.19. The van der Waals surface area contributed by atoms with Crippen LogP contribution in [0.1, 0.15) is 62.8 Å². The maximum absolute atomic E-state index is 4.32. The van der Waals surface area contributed by atoms with Crippen molar-refractivity contribution in [1.82, 2.24) is 0 Å². The van der Waals surface area contributed by atoms with Gasteiger partial charge in [0.2, 0.25) is 0 Å². The summed E-state index contributed by atoms with van der Waals surface area (Å²) in [4.78, 5) is 0. The van der Waals surface area contributed by atoms with Crippen molar-refractivity contribution in [2.24, 2.45) is 5.41 Å². The number of hydrogen-bond donors (Lipinski definition) is 0. The quantitative estimate of drug-likeness (QED) is 0.398. The van der Waals surface area contributed by atoms with E-state index in [4.69, 9.17) is 0 Å². The molecule has 0 spiro atoms. The van der Waals surface area contributed by atoms with Gasteiger partial charge in [0.15, 0.2) is 0 Å². The van der Waals surface area contributed by atoms with E-state index in [1.807, 2.05) is 6.07 Å². The molecule has 1 atom stereocenters. The van der Waals surface area contributed by atoms with Crippen molar-refractivity contribution in [3.8, 4) is 0 Å². The van der Waals surface area contributed by atoms with E-state index in [2.05, 4.69) is 113 Å². The molecule has 28 heavy (non-hydrogen) atoms. The zero-order chi connectivity index (χ0) is 20.2. The minimum absolute atomic E-state index is 0.0205. The summed E-state index contributed by atoms with van der Waals surface area (Å²) in [6, 6.07) is 30.4. The zero-order valence-electron chi connectivity index (χ0n) is 17.7. The second-order valence-corrected chi connectivity index (χ2v) is 8.81. The third kappa shape index (κ3) is 4.28. The van der Waals surface area contributed by atoms with Crippen molar-refractivity contribution in [3.63, 3.8) is 0 Å². The van der Waals surface area contributed by atoms with E-state index in [1.54, 1.807) is 0 Å².